The van der Waals surface area contributed by atoms with E-state index in [4.69, 9.17) is 20.0 Å². The van der Waals surface area contributed by atoms with E-state index in [1.165, 1.54) is 0 Å². The smallest absolute Gasteiger partial charge is 0.400 e. The normalized spacial score (nSPS) is 9.50. The van der Waals surface area contributed by atoms with Crippen molar-refractivity contribution in [2.24, 2.45) is 0 Å². The summed E-state index contributed by atoms with van der Waals surface area (Å²) < 4.78 is 27.3. The largest absolute Gasteiger partial charge is 0.708 e. The zero-order valence-corrected chi connectivity index (χ0v) is 11.2. The average molecular weight is 287 g/mol. The van der Waals surface area contributed by atoms with Crippen molar-refractivity contribution < 1.29 is 59.7 Å². The van der Waals surface area contributed by atoms with Crippen LogP contribution in [0.15, 0.2) is 0 Å². The summed E-state index contributed by atoms with van der Waals surface area (Å²) in [6, 6.07) is 0. The fourth-order valence-electron chi connectivity index (χ4n) is 0.120. The minimum Gasteiger partial charge on any atom is -0.400 e. The van der Waals surface area contributed by atoms with Gasteiger partial charge >= 0.3 is 16.1 Å². The second-order valence-corrected chi connectivity index (χ2v) is 3.43. The van der Waals surface area contributed by atoms with Crippen LogP contribution in [-0.4, -0.2) is 41.3 Å². The van der Waals surface area contributed by atoms with Crippen molar-refractivity contribution in [1.82, 2.24) is 0 Å². The van der Waals surface area contributed by atoms with Crippen LogP contribution >= 0.6 is 16.1 Å². The molecule has 0 rings (SSSR count). The molecule has 8 nitrogen and oxygen atoms in total. The van der Waals surface area contributed by atoms with Gasteiger partial charge in [-0.1, -0.05) is 0 Å². The minimum absolute atomic E-state index is 0. The summed E-state index contributed by atoms with van der Waals surface area (Å²) >= 11 is 0. The van der Waals surface area contributed by atoms with Crippen LogP contribution in [0.25, 0.3) is 0 Å². The van der Waals surface area contributed by atoms with E-state index >= 15 is 0 Å². The molecule has 14 heavy (non-hydrogen) atoms. The minimum atomic E-state index is -4.65. The molecule has 1 unspecified atom stereocenters. The van der Waals surface area contributed by atoms with Crippen LogP contribution in [0.3, 0.4) is 0 Å². The summed E-state index contributed by atoms with van der Waals surface area (Å²) in [7, 11) is -4.32. The molecule has 0 aliphatic carbocycles. The maximum absolute atomic E-state index is 10.0. The fraction of sp³-hybridized carbons (Fsp3) is 1.00. The van der Waals surface area contributed by atoms with E-state index in [9.17, 15) is 9.13 Å². The van der Waals surface area contributed by atoms with Crippen molar-refractivity contribution in [1.29, 1.82) is 0 Å². The molecule has 0 aromatic rings. The molecule has 0 aliphatic rings. The molecule has 0 fully saturated rings. The first-order valence-corrected chi connectivity index (χ1v) is 5.24. The van der Waals surface area contributed by atoms with E-state index in [0.29, 0.717) is 0 Å². The Morgan fingerprint density at radius 2 is 1.43 bits per heavy atom. The second kappa shape index (κ2) is 16.2. The summed E-state index contributed by atoms with van der Waals surface area (Å²) in [4.78, 5) is 15.9. The van der Waals surface area contributed by atoms with E-state index in [0.717, 1.165) is 21.3 Å². The molecular formula is C3H13O8P2Ti+. The van der Waals surface area contributed by atoms with Gasteiger partial charge in [-0.3, -0.25) is 0 Å². The zero-order valence-electron chi connectivity index (χ0n) is 7.82. The summed E-state index contributed by atoms with van der Waals surface area (Å²) in [6.45, 7) is 0. The van der Waals surface area contributed by atoms with Crippen LogP contribution in [0, 0.1) is 0 Å². The molecule has 4 N–H and O–H groups in total. The Labute approximate surface area is 97.3 Å². The molecule has 86 valence electrons. The van der Waals surface area contributed by atoms with E-state index in [1.807, 2.05) is 0 Å². The molecule has 11 heteroatoms. The Bertz CT molecular complexity index is 157. The first-order chi connectivity index (χ1) is 5.95. The summed E-state index contributed by atoms with van der Waals surface area (Å²) in [5.41, 5.74) is 0. The van der Waals surface area contributed by atoms with Gasteiger partial charge in [0.1, 0.15) is 0 Å². The van der Waals surface area contributed by atoms with Crippen LogP contribution in [0.5, 0.6) is 0 Å². The summed E-state index contributed by atoms with van der Waals surface area (Å²) in [5.74, 6) is 0. The molecule has 0 radical (unpaired) electrons. The van der Waals surface area contributed by atoms with E-state index in [1.54, 1.807) is 0 Å². The number of rotatable bonds is 3. The zero-order chi connectivity index (χ0) is 11.5. The SMILES string of the molecule is CO.CO.CO[P+](=O)OP(=O)(O)O.[Ti]. The van der Waals surface area contributed by atoms with Gasteiger partial charge in [0.05, 0.1) is 7.11 Å². The maximum atomic E-state index is 10.0. The Morgan fingerprint density at radius 1 is 1.14 bits per heavy atom. The van der Waals surface area contributed by atoms with Gasteiger partial charge in [0.15, 0.2) is 0 Å². The van der Waals surface area contributed by atoms with Crippen LogP contribution in [0.1, 0.15) is 0 Å². The van der Waals surface area contributed by atoms with Gasteiger partial charge in [-0.25, -0.2) is 4.57 Å². The molecule has 0 bridgehead atoms. The van der Waals surface area contributed by atoms with Gasteiger partial charge in [0.25, 0.3) is 0 Å². The Balaban J connectivity index is -0.0000000883. The molecular weight excluding hydrogens is 274 g/mol. The van der Waals surface area contributed by atoms with Crippen molar-refractivity contribution >= 4 is 16.1 Å². The third-order valence-electron chi connectivity index (χ3n) is 0.322. The van der Waals surface area contributed by atoms with Crippen LogP contribution in [-0.2, 0) is 39.7 Å². The third kappa shape index (κ3) is 29.3. The number of hydrogen-bond acceptors (Lipinski definition) is 6. The number of aliphatic hydroxyl groups is 2. The molecule has 0 aliphatic heterocycles. The molecule has 0 spiro atoms. The molecule has 0 aromatic heterocycles. The summed E-state index contributed by atoms with van der Waals surface area (Å²) in [6.07, 6.45) is 0. The predicted molar refractivity (Wildman–Crippen MR) is 44.0 cm³/mol. The summed E-state index contributed by atoms with van der Waals surface area (Å²) in [5, 5.41) is 14.0. The Hall–Kier alpha value is 0.804. The van der Waals surface area contributed by atoms with Gasteiger partial charge in [-0.05, 0) is 4.31 Å². The quantitative estimate of drug-likeness (QED) is 0.407. The molecule has 0 aromatic carbocycles. The van der Waals surface area contributed by atoms with Gasteiger partial charge in [-0.15, -0.1) is 4.52 Å². The fourth-order valence-corrected chi connectivity index (χ4v) is 1.08. The van der Waals surface area contributed by atoms with Crippen LogP contribution in [0.2, 0.25) is 0 Å². The monoisotopic (exact) mass is 287 g/mol. The molecule has 0 amide bonds. The van der Waals surface area contributed by atoms with E-state index < -0.39 is 16.1 Å². The molecule has 0 saturated carbocycles. The molecule has 1 atom stereocenters. The van der Waals surface area contributed by atoms with Crippen molar-refractivity contribution in [2.75, 3.05) is 21.3 Å². The number of hydrogen-bond donors (Lipinski definition) is 4. The average Bonchev–Trinajstić information content (AvgIpc) is 2.09. The van der Waals surface area contributed by atoms with Crippen molar-refractivity contribution in [3.8, 4) is 0 Å². The maximum Gasteiger partial charge on any atom is 0.708 e. The predicted octanol–water partition coefficient (Wildman–Crippen LogP) is -0.386. The number of phosphoric acid groups is 1. The van der Waals surface area contributed by atoms with Crippen molar-refractivity contribution in [2.45, 2.75) is 0 Å². The molecule has 0 heterocycles. The second-order valence-electron chi connectivity index (χ2n) is 0.978. The molecule has 0 saturated heterocycles. The van der Waals surface area contributed by atoms with Gasteiger partial charge in [0.2, 0.25) is 0 Å². The van der Waals surface area contributed by atoms with Crippen LogP contribution in [0.4, 0.5) is 0 Å². The number of aliphatic hydroxyl groups excluding tert-OH is 2. The van der Waals surface area contributed by atoms with E-state index in [2.05, 4.69) is 8.83 Å². The van der Waals surface area contributed by atoms with Crippen LogP contribution < -0.4 is 0 Å². The van der Waals surface area contributed by atoms with Crippen molar-refractivity contribution in [3.05, 3.63) is 0 Å². The van der Waals surface area contributed by atoms with Gasteiger partial charge in [-0.2, -0.15) is 0 Å². The van der Waals surface area contributed by atoms with Gasteiger partial charge in [0, 0.05) is 40.5 Å². The first-order valence-electron chi connectivity index (χ1n) is 2.62. The van der Waals surface area contributed by atoms with Crippen molar-refractivity contribution in [3.63, 3.8) is 0 Å². The standard InChI is InChI=1S/CH4O6P2.2CH4O.Ti/c1-6-8(2)7-9(3,4)5;2*1-2;/h1H3,(H-,3,4,5);2*2H,1H3;/p+1. The van der Waals surface area contributed by atoms with Gasteiger partial charge < -0.3 is 20.0 Å². The topological polar surface area (TPSA) is 134 Å². The Morgan fingerprint density at radius 3 is 1.50 bits per heavy atom. The Kier molecular flexibility index (Phi) is 28.0. The first kappa shape index (κ1) is 24.2. The third-order valence-corrected chi connectivity index (χ3v) is 2.00. The van der Waals surface area contributed by atoms with E-state index in [-0.39, 0.29) is 21.7 Å².